The molecule has 1 fully saturated rings. The molecule has 2 atom stereocenters. The largest absolute Gasteiger partial charge is 0.459 e. The molecule has 1 aromatic carbocycles. The van der Waals surface area contributed by atoms with E-state index in [2.05, 4.69) is 0 Å². The lowest BCUT2D eigenvalue weighted by Gasteiger charge is -2.22. The molecule has 0 heterocycles. The van der Waals surface area contributed by atoms with E-state index in [1.165, 1.54) is 24.3 Å². The lowest BCUT2D eigenvalue weighted by molar-refractivity contribution is -0.160. The van der Waals surface area contributed by atoms with Gasteiger partial charge in [-0.3, -0.25) is 4.79 Å². The first-order valence-electron chi connectivity index (χ1n) is 7.07. The monoisotopic (exact) mass is 339 g/mol. The molecule has 1 saturated carbocycles. The highest BCUT2D eigenvalue weighted by Gasteiger charge is 2.77. The number of nitriles is 1. The third kappa shape index (κ3) is 3.22. The van der Waals surface area contributed by atoms with Crippen LogP contribution in [0.3, 0.4) is 0 Å². The van der Waals surface area contributed by atoms with Crippen LogP contribution in [0.5, 0.6) is 0 Å². The molecule has 23 heavy (non-hydrogen) atoms. The fourth-order valence-corrected chi connectivity index (χ4v) is 4.06. The number of halogens is 1. The number of hydrogen-bond donors (Lipinski definition) is 0. The summed E-state index contributed by atoms with van der Waals surface area (Å²) >= 11 is 0. The minimum atomic E-state index is -3.95. The molecule has 0 aromatic heterocycles. The molecule has 124 valence electrons. The van der Waals surface area contributed by atoms with Gasteiger partial charge in [0.05, 0.1) is 16.7 Å². The maximum Gasteiger partial charge on any atom is 0.330 e. The Hall–Kier alpha value is -1.94. The lowest BCUT2D eigenvalue weighted by Crippen LogP contribution is -2.35. The average molecular weight is 339 g/mol. The fraction of sp³-hybridized carbons (Fsp3) is 0.500. The molecular weight excluding hydrogens is 321 g/mol. The summed E-state index contributed by atoms with van der Waals surface area (Å²) in [5, 5.41) is 9.24. The number of alkyl halides is 1. The van der Waals surface area contributed by atoms with E-state index in [1.54, 1.807) is 32.9 Å². The van der Waals surface area contributed by atoms with Gasteiger partial charge in [-0.15, -0.1) is 0 Å². The SMILES string of the molecule is CC(C)(C)OC(=O)[C@@]1(C#N)C[C@@]1(F)CS(=O)(=O)c1ccccc1. The van der Waals surface area contributed by atoms with Crippen molar-refractivity contribution in [2.45, 2.75) is 43.4 Å². The highest BCUT2D eigenvalue weighted by Crippen LogP contribution is 2.61. The van der Waals surface area contributed by atoms with Crippen LogP contribution in [0.1, 0.15) is 27.2 Å². The van der Waals surface area contributed by atoms with E-state index < -0.39 is 44.7 Å². The van der Waals surface area contributed by atoms with Crippen molar-refractivity contribution < 1.29 is 22.3 Å². The Bertz CT molecular complexity index is 764. The van der Waals surface area contributed by atoms with Gasteiger partial charge in [0.2, 0.25) is 0 Å². The highest BCUT2D eigenvalue weighted by molar-refractivity contribution is 7.91. The first kappa shape index (κ1) is 17.4. The van der Waals surface area contributed by atoms with Crippen molar-refractivity contribution in [1.82, 2.24) is 0 Å². The van der Waals surface area contributed by atoms with Crippen LogP contribution in [0, 0.1) is 16.7 Å². The number of benzene rings is 1. The first-order chi connectivity index (χ1) is 10.5. The van der Waals surface area contributed by atoms with E-state index in [0.29, 0.717) is 0 Å². The second-order valence-corrected chi connectivity index (χ2v) is 8.72. The van der Waals surface area contributed by atoms with Crippen LogP contribution < -0.4 is 0 Å². The van der Waals surface area contributed by atoms with Gasteiger partial charge in [0.1, 0.15) is 5.60 Å². The molecule has 0 aliphatic heterocycles. The fourth-order valence-electron chi connectivity index (χ4n) is 2.37. The van der Waals surface area contributed by atoms with Gasteiger partial charge in [-0.2, -0.15) is 5.26 Å². The molecule has 1 aromatic rings. The Labute approximate surface area is 135 Å². The van der Waals surface area contributed by atoms with Gasteiger partial charge in [-0.1, -0.05) is 18.2 Å². The first-order valence-corrected chi connectivity index (χ1v) is 8.72. The Morgan fingerprint density at radius 2 is 1.91 bits per heavy atom. The minimum Gasteiger partial charge on any atom is -0.459 e. The van der Waals surface area contributed by atoms with Crippen molar-refractivity contribution in [2.24, 2.45) is 5.41 Å². The molecular formula is C16H18FNO4S. The smallest absolute Gasteiger partial charge is 0.330 e. The summed E-state index contributed by atoms with van der Waals surface area (Å²) in [5.74, 6) is -1.94. The van der Waals surface area contributed by atoms with Gasteiger partial charge in [0.15, 0.2) is 20.9 Å². The van der Waals surface area contributed by atoms with Crippen molar-refractivity contribution in [1.29, 1.82) is 5.26 Å². The Kier molecular flexibility index (Phi) is 4.02. The summed E-state index contributed by atoms with van der Waals surface area (Å²) in [7, 11) is -3.95. The predicted molar refractivity (Wildman–Crippen MR) is 80.8 cm³/mol. The molecule has 0 radical (unpaired) electrons. The van der Waals surface area contributed by atoms with Crippen LogP contribution in [0.4, 0.5) is 4.39 Å². The molecule has 5 nitrogen and oxygen atoms in total. The van der Waals surface area contributed by atoms with E-state index in [0.717, 1.165) is 0 Å². The molecule has 7 heteroatoms. The number of carbonyl (C=O) groups excluding carboxylic acids is 1. The Morgan fingerprint density at radius 3 is 2.39 bits per heavy atom. The third-order valence-corrected chi connectivity index (χ3v) is 5.47. The van der Waals surface area contributed by atoms with E-state index >= 15 is 0 Å². The molecule has 0 spiro atoms. The molecule has 0 unspecified atom stereocenters. The summed E-state index contributed by atoms with van der Waals surface area (Å²) in [5.41, 5.74) is -5.37. The lowest BCUT2D eigenvalue weighted by atomic mass is 10.1. The van der Waals surface area contributed by atoms with E-state index in [-0.39, 0.29) is 4.90 Å². The van der Waals surface area contributed by atoms with Crippen LogP contribution in [0.25, 0.3) is 0 Å². The standard InChI is InChI=1S/C16H18FNO4S/c1-14(2,3)22-13(19)15(10-18)9-16(15,17)11-23(20,21)12-7-5-4-6-8-12/h4-8H,9,11H2,1-3H3/t15-,16+/m0/s1. The number of hydrogen-bond acceptors (Lipinski definition) is 5. The predicted octanol–water partition coefficient (Wildman–Crippen LogP) is 2.42. The van der Waals surface area contributed by atoms with Crippen LogP contribution in [0.2, 0.25) is 0 Å². The number of carbonyl (C=O) groups is 1. The van der Waals surface area contributed by atoms with E-state index in [9.17, 15) is 22.9 Å². The zero-order valence-electron chi connectivity index (χ0n) is 13.2. The quantitative estimate of drug-likeness (QED) is 0.787. The maximum atomic E-state index is 14.9. The van der Waals surface area contributed by atoms with Crippen LogP contribution in [-0.4, -0.2) is 31.4 Å². The van der Waals surface area contributed by atoms with Crippen LogP contribution in [0.15, 0.2) is 35.2 Å². The van der Waals surface area contributed by atoms with Gasteiger partial charge < -0.3 is 4.74 Å². The topological polar surface area (TPSA) is 84.2 Å². The maximum absolute atomic E-state index is 14.9. The zero-order valence-corrected chi connectivity index (χ0v) is 14.0. The number of sulfone groups is 1. The van der Waals surface area contributed by atoms with Gasteiger partial charge in [0, 0.05) is 6.42 Å². The summed E-state index contributed by atoms with van der Waals surface area (Å²) < 4.78 is 44.6. The number of esters is 1. The second-order valence-electron chi connectivity index (χ2n) is 6.73. The Balaban J connectivity index is 2.25. The van der Waals surface area contributed by atoms with Gasteiger partial charge >= 0.3 is 5.97 Å². The van der Waals surface area contributed by atoms with E-state index in [4.69, 9.17) is 4.74 Å². The van der Waals surface area contributed by atoms with Crippen molar-refractivity contribution in [3.63, 3.8) is 0 Å². The van der Waals surface area contributed by atoms with E-state index in [1.807, 2.05) is 0 Å². The second kappa shape index (κ2) is 5.31. The van der Waals surface area contributed by atoms with Crippen LogP contribution >= 0.6 is 0 Å². The molecule has 0 saturated heterocycles. The molecule has 0 amide bonds. The van der Waals surface area contributed by atoms with Crippen molar-refractivity contribution in [3.8, 4) is 6.07 Å². The molecule has 0 N–H and O–H groups in total. The summed E-state index contributed by atoms with van der Waals surface area (Å²) in [6, 6.07) is 9.01. The van der Waals surface area contributed by atoms with Gasteiger partial charge in [-0.25, -0.2) is 12.8 Å². The number of ether oxygens (including phenoxy) is 1. The highest BCUT2D eigenvalue weighted by atomic mass is 32.2. The third-order valence-electron chi connectivity index (χ3n) is 3.64. The van der Waals surface area contributed by atoms with Crippen molar-refractivity contribution in [3.05, 3.63) is 30.3 Å². The Morgan fingerprint density at radius 1 is 1.35 bits per heavy atom. The normalized spacial score (nSPS) is 27.1. The van der Waals surface area contributed by atoms with Gasteiger partial charge in [0.25, 0.3) is 0 Å². The molecule has 0 bridgehead atoms. The number of nitrogens with zero attached hydrogens (tertiary/aromatic N) is 1. The summed E-state index contributed by atoms with van der Waals surface area (Å²) in [6.07, 6.45) is -0.475. The zero-order chi connectivity index (χ0) is 17.5. The molecule has 2 rings (SSSR count). The van der Waals surface area contributed by atoms with Gasteiger partial charge in [-0.05, 0) is 32.9 Å². The average Bonchev–Trinajstić information content (AvgIpc) is 3.03. The number of rotatable bonds is 4. The van der Waals surface area contributed by atoms with Crippen LogP contribution in [-0.2, 0) is 19.4 Å². The minimum absolute atomic E-state index is 0.0417. The van der Waals surface area contributed by atoms with Crippen molar-refractivity contribution in [2.75, 3.05) is 5.75 Å². The van der Waals surface area contributed by atoms with Crippen molar-refractivity contribution >= 4 is 15.8 Å². The summed E-state index contributed by atoms with van der Waals surface area (Å²) in [4.78, 5) is 12.1. The molecule has 1 aliphatic carbocycles. The molecule has 1 aliphatic rings. The summed E-state index contributed by atoms with van der Waals surface area (Å²) in [6.45, 7) is 4.79.